The Morgan fingerprint density at radius 1 is 1.52 bits per heavy atom. The van der Waals surface area contributed by atoms with E-state index in [1.165, 1.54) is 18.3 Å². The van der Waals surface area contributed by atoms with Gasteiger partial charge in [-0.3, -0.25) is 9.59 Å². The molecule has 0 saturated carbocycles. The molecule has 1 aliphatic heterocycles. The largest absolute Gasteiger partial charge is 0.469 e. The number of aromatic nitrogens is 3. The fourth-order valence-corrected chi connectivity index (χ4v) is 2.66. The quantitative estimate of drug-likeness (QED) is 0.607. The van der Waals surface area contributed by atoms with Gasteiger partial charge in [-0.2, -0.15) is 0 Å². The molecular formula is C13H17FN4O3. The molecule has 2 atom stereocenters. The summed E-state index contributed by atoms with van der Waals surface area (Å²) < 4.78 is 19.7. The van der Waals surface area contributed by atoms with Gasteiger partial charge in [0, 0.05) is 13.6 Å². The molecular weight excluding hydrogens is 279 g/mol. The monoisotopic (exact) mass is 296 g/mol. The summed E-state index contributed by atoms with van der Waals surface area (Å²) >= 11 is 0. The number of ether oxygens (including phenoxy) is 1. The molecule has 0 bridgehead atoms. The highest BCUT2D eigenvalue weighted by Crippen LogP contribution is 2.36. The Labute approximate surface area is 121 Å². The molecule has 0 unspecified atom stereocenters. The number of carbonyl (C=O) groups is 2. The van der Waals surface area contributed by atoms with Crippen molar-refractivity contribution in [3.05, 3.63) is 24.6 Å². The first kappa shape index (κ1) is 15.1. The first-order valence-electron chi connectivity index (χ1n) is 6.54. The van der Waals surface area contributed by atoms with Gasteiger partial charge in [0.1, 0.15) is 12.4 Å². The lowest BCUT2D eigenvalue weighted by Gasteiger charge is -2.38. The molecule has 114 valence electrons. The maximum Gasteiger partial charge on any atom is 0.311 e. The van der Waals surface area contributed by atoms with E-state index in [0.717, 1.165) is 0 Å². The summed E-state index contributed by atoms with van der Waals surface area (Å²) in [4.78, 5) is 25.3. The minimum absolute atomic E-state index is 0.326. The van der Waals surface area contributed by atoms with Crippen LogP contribution in [0.2, 0.25) is 0 Å². The standard InChI is InChI=1S/C13H17FN4O3/c1-8(14)12(19)18-6-4-5-9(13(20)21-3)10(18)11-16-15-7-17(11)2/h7,9-10H,1,4-6H2,2-3H3/t9-,10+/m1/s1. The molecule has 7 nitrogen and oxygen atoms in total. The zero-order valence-electron chi connectivity index (χ0n) is 12.0. The van der Waals surface area contributed by atoms with Gasteiger partial charge in [-0.25, -0.2) is 4.39 Å². The van der Waals surface area contributed by atoms with Crippen LogP contribution in [-0.4, -0.2) is 45.2 Å². The highest BCUT2D eigenvalue weighted by molar-refractivity contribution is 5.91. The molecule has 1 aromatic heterocycles. The third kappa shape index (κ3) is 2.79. The Balaban J connectivity index is 2.44. The SMILES string of the molecule is C=C(F)C(=O)N1CCC[C@@H](C(=O)OC)[C@H]1c1nncn1C. The predicted octanol–water partition coefficient (Wildman–Crippen LogP) is 0.751. The number of esters is 1. The third-order valence-electron chi connectivity index (χ3n) is 3.64. The summed E-state index contributed by atoms with van der Waals surface area (Å²) in [7, 11) is 2.98. The molecule has 1 aromatic rings. The molecule has 1 saturated heterocycles. The van der Waals surface area contributed by atoms with Gasteiger partial charge in [0.05, 0.1) is 13.0 Å². The Morgan fingerprint density at radius 3 is 2.76 bits per heavy atom. The number of methoxy groups -OCH3 is 1. The number of aryl methyl sites for hydroxylation is 1. The number of nitrogens with zero attached hydrogens (tertiary/aromatic N) is 4. The first-order chi connectivity index (χ1) is 9.97. The maximum atomic E-state index is 13.3. The zero-order chi connectivity index (χ0) is 15.6. The molecule has 1 amide bonds. The van der Waals surface area contributed by atoms with Gasteiger partial charge in [0.2, 0.25) is 0 Å². The molecule has 21 heavy (non-hydrogen) atoms. The number of carbonyl (C=O) groups excluding carboxylic acids is 2. The van der Waals surface area contributed by atoms with Crippen LogP contribution in [0.25, 0.3) is 0 Å². The van der Waals surface area contributed by atoms with Crippen LogP contribution in [0.5, 0.6) is 0 Å². The number of rotatable bonds is 3. The molecule has 2 heterocycles. The van der Waals surface area contributed by atoms with Gasteiger partial charge in [-0.1, -0.05) is 6.58 Å². The number of hydrogen-bond acceptors (Lipinski definition) is 5. The molecule has 0 aliphatic carbocycles. The van der Waals surface area contributed by atoms with Crippen molar-refractivity contribution >= 4 is 11.9 Å². The van der Waals surface area contributed by atoms with E-state index in [-0.39, 0.29) is 0 Å². The lowest BCUT2D eigenvalue weighted by atomic mass is 9.88. The molecule has 1 fully saturated rings. The number of piperidine rings is 1. The number of amides is 1. The summed E-state index contributed by atoms with van der Waals surface area (Å²) in [5, 5.41) is 7.72. The van der Waals surface area contributed by atoms with Crippen LogP contribution < -0.4 is 0 Å². The van der Waals surface area contributed by atoms with Gasteiger partial charge in [0.25, 0.3) is 5.91 Å². The Bertz CT molecular complexity index is 572. The van der Waals surface area contributed by atoms with Crippen LogP contribution in [0.3, 0.4) is 0 Å². The zero-order valence-corrected chi connectivity index (χ0v) is 12.0. The third-order valence-corrected chi connectivity index (χ3v) is 3.64. The van der Waals surface area contributed by atoms with Crippen LogP contribution >= 0.6 is 0 Å². The Morgan fingerprint density at radius 2 is 2.24 bits per heavy atom. The van der Waals surface area contributed by atoms with Crippen molar-refractivity contribution in [1.82, 2.24) is 19.7 Å². The van der Waals surface area contributed by atoms with Crippen LogP contribution in [-0.2, 0) is 21.4 Å². The van der Waals surface area contributed by atoms with Crippen molar-refractivity contribution in [2.24, 2.45) is 13.0 Å². The fraction of sp³-hybridized carbons (Fsp3) is 0.538. The fourth-order valence-electron chi connectivity index (χ4n) is 2.66. The average molecular weight is 296 g/mol. The van der Waals surface area contributed by atoms with Crippen molar-refractivity contribution in [1.29, 1.82) is 0 Å². The van der Waals surface area contributed by atoms with E-state index in [1.54, 1.807) is 11.6 Å². The molecule has 0 N–H and O–H groups in total. The molecule has 0 aromatic carbocycles. The summed E-state index contributed by atoms with van der Waals surface area (Å²) in [5.74, 6) is -2.54. The topological polar surface area (TPSA) is 77.3 Å². The first-order valence-corrected chi connectivity index (χ1v) is 6.54. The molecule has 0 spiro atoms. The van der Waals surface area contributed by atoms with Crippen molar-refractivity contribution in [3.63, 3.8) is 0 Å². The molecule has 2 rings (SSSR count). The van der Waals surface area contributed by atoms with Crippen LogP contribution in [0.1, 0.15) is 24.7 Å². The Hall–Kier alpha value is -2.25. The lowest BCUT2D eigenvalue weighted by Crippen LogP contribution is -2.46. The van der Waals surface area contributed by atoms with Gasteiger partial charge in [-0.15, -0.1) is 10.2 Å². The van der Waals surface area contributed by atoms with Crippen molar-refractivity contribution in [2.45, 2.75) is 18.9 Å². The average Bonchev–Trinajstić information content (AvgIpc) is 2.90. The summed E-state index contributed by atoms with van der Waals surface area (Å²) in [5.41, 5.74) is 0. The van der Waals surface area contributed by atoms with Gasteiger partial charge >= 0.3 is 5.97 Å². The number of halogens is 1. The van der Waals surface area contributed by atoms with Crippen LogP contribution in [0.4, 0.5) is 4.39 Å². The van der Waals surface area contributed by atoms with Gasteiger partial charge in [0.15, 0.2) is 11.7 Å². The smallest absolute Gasteiger partial charge is 0.311 e. The second-order valence-corrected chi connectivity index (χ2v) is 4.92. The van der Waals surface area contributed by atoms with Crippen LogP contribution in [0, 0.1) is 5.92 Å². The van der Waals surface area contributed by atoms with E-state index < -0.39 is 29.7 Å². The highest BCUT2D eigenvalue weighted by Gasteiger charge is 2.42. The van der Waals surface area contributed by atoms with E-state index in [4.69, 9.17) is 4.74 Å². The second-order valence-electron chi connectivity index (χ2n) is 4.92. The van der Waals surface area contributed by atoms with E-state index in [0.29, 0.717) is 25.2 Å². The number of likely N-dealkylation sites (tertiary alicyclic amines) is 1. The van der Waals surface area contributed by atoms with Crippen LogP contribution in [0.15, 0.2) is 18.7 Å². The summed E-state index contributed by atoms with van der Waals surface area (Å²) in [6.45, 7) is 3.37. The minimum Gasteiger partial charge on any atom is -0.469 e. The normalized spacial score (nSPS) is 22.0. The second kappa shape index (κ2) is 6.02. The van der Waals surface area contributed by atoms with Crippen molar-refractivity contribution in [3.8, 4) is 0 Å². The molecule has 1 aliphatic rings. The van der Waals surface area contributed by atoms with Gasteiger partial charge in [-0.05, 0) is 12.8 Å². The van der Waals surface area contributed by atoms with Gasteiger partial charge < -0.3 is 14.2 Å². The Kier molecular flexibility index (Phi) is 4.35. The summed E-state index contributed by atoms with van der Waals surface area (Å²) in [6.07, 6.45) is 2.57. The summed E-state index contributed by atoms with van der Waals surface area (Å²) in [6, 6.07) is -0.710. The molecule has 8 heteroatoms. The lowest BCUT2D eigenvalue weighted by molar-refractivity contribution is -0.152. The molecule has 0 radical (unpaired) electrons. The number of hydrogen-bond donors (Lipinski definition) is 0. The maximum absolute atomic E-state index is 13.3. The van der Waals surface area contributed by atoms with E-state index >= 15 is 0 Å². The van der Waals surface area contributed by atoms with Crippen molar-refractivity contribution in [2.75, 3.05) is 13.7 Å². The predicted molar refractivity (Wildman–Crippen MR) is 70.4 cm³/mol. The van der Waals surface area contributed by atoms with E-state index in [1.807, 2.05) is 0 Å². The van der Waals surface area contributed by atoms with Crippen molar-refractivity contribution < 1.29 is 18.7 Å². The van der Waals surface area contributed by atoms with E-state index in [9.17, 15) is 14.0 Å². The highest BCUT2D eigenvalue weighted by atomic mass is 19.1. The minimum atomic E-state index is -1.06. The van der Waals surface area contributed by atoms with E-state index in [2.05, 4.69) is 16.8 Å².